The van der Waals surface area contributed by atoms with E-state index < -0.39 is 12.1 Å². The van der Waals surface area contributed by atoms with E-state index in [1.165, 1.54) is 5.56 Å². The third kappa shape index (κ3) is 5.56. The molecule has 1 atom stereocenters. The topological polar surface area (TPSA) is 36.4 Å². The number of nitrogens with zero attached hydrogens (tertiary/aromatic N) is 1. The van der Waals surface area contributed by atoms with Gasteiger partial charge in [-0.05, 0) is 43.3 Å². The minimum absolute atomic E-state index is 0.139. The summed E-state index contributed by atoms with van der Waals surface area (Å²) in [5, 5.41) is 6.44. The van der Waals surface area contributed by atoms with E-state index in [2.05, 4.69) is 15.8 Å². The van der Waals surface area contributed by atoms with Crippen molar-refractivity contribution in [1.29, 1.82) is 0 Å². The second kappa shape index (κ2) is 7.23. The zero-order valence-corrected chi connectivity index (χ0v) is 12.0. The molecule has 2 N–H and O–H groups in total. The minimum Gasteiger partial charge on any atom is -0.331 e. The molecule has 0 amide bonds. The molecule has 0 saturated heterocycles. The van der Waals surface area contributed by atoms with Gasteiger partial charge in [-0.25, -0.2) is 0 Å². The highest BCUT2D eigenvalue weighted by atomic mass is 32.1. The van der Waals surface area contributed by atoms with Crippen molar-refractivity contribution in [3.63, 3.8) is 0 Å². The lowest BCUT2D eigenvalue weighted by molar-refractivity contribution is -0.149. The minimum atomic E-state index is -4.30. The number of benzene rings is 1. The third-order valence-corrected chi connectivity index (χ3v) is 2.79. The summed E-state index contributed by atoms with van der Waals surface area (Å²) in [4.78, 5) is 0. The average molecular weight is 303 g/mol. The van der Waals surface area contributed by atoms with Crippen LogP contribution in [-0.2, 0) is 6.42 Å². The number of rotatable bonds is 4. The number of thiocarbonyl (C=S) groups is 1. The van der Waals surface area contributed by atoms with Crippen molar-refractivity contribution in [2.45, 2.75) is 26.4 Å². The molecule has 0 aliphatic carbocycles. The van der Waals surface area contributed by atoms with Gasteiger partial charge < -0.3 is 5.32 Å². The van der Waals surface area contributed by atoms with Gasteiger partial charge in [0.1, 0.15) is 0 Å². The molecule has 0 fully saturated rings. The van der Waals surface area contributed by atoms with Crippen LogP contribution in [-0.4, -0.2) is 17.5 Å². The maximum Gasteiger partial charge on any atom is 0.396 e. The second-order valence-electron chi connectivity index (χ2n) is 4.22. The van der Waals surface area contributed by atoms with Gasteiger partial charge in [0, 0.05) is 11.9 Å². The van der Waals surface area contributed by atoms with Crippen LogP contribution in [0, 0.1) is 5.92 Å². The van der Waals surface area contributed by atoms with Crippen LogP contribution in [0.15, 0.2) is 29.4 Å². The van der Waals surface area contributed by atoms with Crippen LogP contribution in [0.4, 0.5) is 18.9 Å². The number of hydrazone groups is 1. The molecule has 0 bridgehead atoms. The molecule has 1 rings (SSSR count). The van der Waals surface area contributed by atoms with Crippen molar-refractivity contribution in [1.82, 2.24) is 5.43 Å². The molecule has 0 heterocycles. The van der Waals surface area contributed by atoms with E-state index in [1.807, 2.05) is 31.2 Å². The van der Waals surface area contributed by atoms with E-state index in [9.17, 15) is 13.2 Å². The predicted molar refractivity (Wildman–Crippen MR) is 78.9 cm³/mol. The van der Waals surface area contributed by atoms with Gasteiger partial charge in [0.25, 0.3) is 0 Å². The van der Waals surface area contributed by atoms with Crippen molar-refractivity contribution >= 4 is 29.2 Å². The molecule has 0 aliphatic rings. The first-order valence-electron chi connectivity index (χ1n) is 6.08. The normalized spacial score (nSPS) is 13.2. The number of nitrogens with one attached hydrogen (secondary N) is 2. The van der Waals surface area contributed by atoms with Gasteiger partial charge >= 0.3 is 6.18 Å². The Morgan fingerprint density at radius 2 is 1.95 bits per heavy atom. The van der Waals surface area contributed by atoms with Crippen LogP contribution in [0.2, 0.25) is 0 Å². The van der Waals surface area contributed by atoms with Crippen molar-refractivity contribution in [3.8, 4) is 0 Å². The predicted octanol–water partition coefficient (Wildman–Crippen LogP) is 3.72. The monoisotopic (exact) mass is 303 g/mol. The zero-order chi connectivity index (χ0) is 15.2. The number of hydrogen-bond donors (Lipinski definition) is 2. The fraction of sp³-hybridized carbons (Fsp3) is 0.385. The average Bonchev–Trinajstić information content (AvgIpc) is 2.38. The molecular formula is C13H16F3N3S. The standard InChI is InChI=1S/C13H16F3N3S/c1-3-10-4-6-11(7-5-10)18-12(20)19-17-8-9(2)13(14,15)16/h4-9H,3H2,1-2H3,(H2,18,19,20)/b17-8+. The van der Waals surface area contributed by atoms with Crippen molar-refractivity contribution in [3.05, 3.63) is 29.8 Å². The Kier molecular flexibility index (Phi) is 5.94. The van der Waals surface area contributed by atoms with E-state index in [4.69, 9.17) is 12.2 Å². The maximum absolute atomic E-state index is 12.2. The smallest absolute Gasteiger partial charge is 0.331 e. The summed E-state index contributed by atoms with van der Waals surface area (Å²) in [6, 6.07) is 7.57. The lowest BCUT2D eigenvalue weighted by atomic mass is 10.1. The van der Waals surface area contributed by atoms with Crippen molar-refractivity contribution in [2.24, 2.45) is 11.0 Å². The van der Waals surface area contributed by atoms with Gasteiger partial charge in [0.15, 0.2) is 5.11 Å². The number of alkyl halides is 3. The molecule has 7 heteroatoms. The van der Waals surface area contributed by atoms with E-state index in [-0.39, 0.29) is 5.11 Å². The van der Waals surface area contributed by atoms with Crippen LogP contribution in [0.3, 0.4) is 0 Å². The molecule has 1 unspecified atom stereocenters. The molecule has 0 saturated carbocycles. The molecule has 0 spiro atoms. The summed E-state index contributed by atoms with van der Waals surface area (Å²) in [5.74, 6) is -1.62. The molecule has 20 heavy (non-hydrogen) atoms. The van der Waals surface area contributed by atoms with Gasteiger partial charge in [0.2, 0.25) is 0 Å². The number of anilines is 1. The van der Waals surface area contributed by atoms with E-state index in [0.717, 1.165) is 25.2 Å². The van der Waals surface area contributed by atoms with Gasteiger partial charge in [-0.2, -0.15) is 18.3 Å². The highest BCUT2D eigenvalue weighted by molar-refractivity contribution is 7.80. The summed E-state index contributed by atoms with van der Waals surface area (Å²) < 4.78 is 36.7. The van der Waals surface area contributed by atoms with E-state index in [1.54, 1.807) is 0 Å². The van der Waals surface area contributed by atoms with E-state index in [0.29, 0.717) is 0 Å². The summed E-state index contributed by atoms with van der Waals surface area (Å²) in [5.41, 5.74) is 4.29. The zero-order valence-electron chi connectivity index (χ0n) is 11.2. The molecule has 0 aliphatic heterocycles. The Morgan fingerprint density at radius 1 is 1.35 bits per heavy atom. The second-order valence-corrected chi connectivity index (χ2v) is 4.63. The Bertz CT molecular complexity index is 469. The largest absolute Gasteiger partial charge is 0.396 e. The van der Waals surface area contributed by atoms with Crippen LogP contribution in [0.5, 0.6) is 0 Å². The maximum atomic E-state index is 12.2. The fourth-order valence-electron chi connectivity index (χ4n) is 1.28. The molecule has 0 aromatic heterocycles. The third-order valence-electron chi connectivity index (χ3n) is 2.60. The summed E-state index contributed by atoms with van der Waals surface area (Å²) in [6.07, 6.45) is -2.59. The SMILES string of the molecule is CCc1ccc(NC(=S)N/N=C/C(C)C(F)(F)F)cc1. The van der Waals surface area contributed by atoms with Gasteiger partial charge in [-0.3, -0.25) is 5.43 Å². The first kappa shape index (κ1) is 16.4. The summed E-state index contributed by atoms with van der Waals surface area (Å²) >= 11 is 4.93. The summed E-state index contributed by atoms with van der Waals surface area (Å²) in [6.45, 7) is 3.07. The lowest BCUT2D eigenvalue weighted by Crippen LogP contribution is -2.26. The highest BCUT2D eigenvalue weighted by Crippen LogP contribution is 2.23. The Hall–Kier alpha value is -1.63. The van der Waals surface area contributed by atoms with Crippen LogP contribution in [0.25, 0.3) is 0 Å². The Balaban J connectivity index is 2.45. The van der Waals surface area contributed by atoms with Gasteiger partial charge in [-0.15, -0.1) is 0 Å². The first-order valence-corrected chi connectivity index (χ1v) is 6.49. The van der Waals surface area contributed by atoms with Crippen LogP contribution in [0.1, 0.15) is 19.4 Å². The fourth-order valence-corrected chi connectivity index (χ4v) is 1.45. The molecule has 3 nitrogen and oxygen atoms in total. The number of hydrogen-bond acceptors (Lipinski definition) is 2. The van der Waals surface area contributed by atoms with Crippen LogP contribution >= 0.6 is 12.2 Å². The molecule has 0 radical (unpaired) electrons. The number of aryl methyl sites for hydroxylation is 1. The molecule has 110 valence electrons. The molecule has 1 aromatic carbocycles. The Labute approximate surface area is 121 Å². The first-order chi connectivity index (χ1) is 9.32. The summed E-state index contributed by atoms with van der Waals surface area (Å²) in [7, 11) is 0. The quantitative estimate of drug-likeness (QED) is 0.505. The van der Waals surface area contributed by atoms with E-state index >= 15 is 0 Å². The van der Waals surface area contributed by atoms with Crippen molar-refractivity contribution < 1.29 is 13.2 Å². The Morgan fingerprint density at radius 3 is 2.45 bits per heavy atom. The molecular weight excluding hydrogens is 287 g/mol. The van der Waals surface area contributed by atoms with Gasteiger partial charge in [-0.1, -0.05) is 19.1 Å². The van der Waals surface area contributed by atoms with Gasteiger partial charge in [0.05, 0.1) is 5.92 Å². The number of halogens is 3. The lowest BCUT2D eigenvalue weighted by Gasteiger charge is -2.11. The van der Waals surface area contributed by atoms with Crippen molar-refractivity contribution in [2.75, 3.05) is 5.32 Å². The molecule has 1 aromatic rings. The highest BCUT2D eigenvalue weighted by Gasteiger charge is 2.34. The van der Waals surface area contributed by atoms with Crippen LogP contribution < -0.4 is 10.7 Å².